The van der Waals surface area contributed by atoms with Crippen LogP contribution in [0.2, 0.25) is 0 Å². The number of esters is 1. The highest BCUT2D eigenvalue weighted by molar-refractivity contribution is 5.92. The minimum absolute atomic E-state index is 0.0507. The molecule has 0 saturated carbocycles. The standard InChI is InChI=1S/C14H21NO4/c1-14(2,3)15-8-12(17)9-5-6-11(16)10(7-9)13(18)19-4/h5-7,12,15-17H,8H2,1-4H3/t12-/m0/s1. The molecular weight excluding hydrogens is 246 g/mol. The molecule has 0 aliphatic rings. The number of benzene rings is 1. The molecule has 0 aromatic heterocycles. The van der Waals surface area contributed by atoms with E-state index in [0.717, 1.165) is 0 Å². The highest BCUT2D eigenvalue weighted by atomic mass is 16.5. The molecule has 0 aliphatic heterocycles. The van der Waals surface area contributed by atoms with E-state index in [2.05, 4.69) is 10.1 Å². The van der Waals surface area contributed by atoms with Gasteiger partial charge in [-0.2, -0.15) is 0 Å². The second kappa shape index (κ2) is 6.04. The number of hydrogen-bond acceptors (Lipinski definition) is 5. The Morgan fingerprint density at radius 1 is 1.42 bits per heavy atom. The van der Waals surface area contributed by atoms with Crippen LogP contribution in [0.15, 0.2) is 18.2 Å². The van der Waals surface area contributed by atoms with E-state index >= 15 is 0 Å². The number of phenolic OH excluding ortho intramolecular Hbond substituents is 1. The number of hydrogen-bond donors (Lipinski definition) is 3. The highest BCUT2D eigenvalue weighted by Crippen LogP contribution is 2.23. The van der Waals surface area contributed by atoms with Crippen LogP contribution in [0.5, 0.6) is 5.75 Å². The summed E-state index contributed by atoms with van der Waals surface area (Å²) < 4.78 is 4.57. The number of methoxy groups -OCH3 is 1. The number of aliphatic hydroxyl groups is 1. The molecular formula is C14H21NO4. The molecule has 0 bridgehead atoms. The van der Waals surface area contributed by atoms with Crippen LogP contribution in [-0.4, -0.2) is 35.4 Å². The predicted molar refractivity (Wildman–Crippen MR) is 72.2 cm³/mol. The Labute approximate surface area is 113 Å². The van der Waals surface area contributed by atoms with Gasteiger partial charge in [-0.15, -0.1) is 0 Å². The molecule has 0 aliphatic carbocycles. The van der Waals surface area contributed by atoms with Crippen molar-refractivity contribution in [3.8, 4) is 5.75 Å². The van der Waals surface area contributed by atoms with Gasteiger partial charge in [0.25, 0.3) is 0 Å². The molecule has 1 aromatic carbocycles. The molecule has 1 atom stereocenters. The van der Waals surface area contributed by atoms with Crippen molar-refractivity contribution in [1.82, 2.24) is 5.32 Å². The van der Waals surface area contributed by atoms with Gasteiger partial charge >= 0.3 is 5.97 Å². The van der Waals surface area contributed by atoms with E-state index in [1.54, 1.807) is 6.07 Å². The van der Waals surface area contributed by atoms with E-state index < -0.39 is 12.1 Å². The summed E-state index contributed by atoms with van der Waals surface area (Å²) in [6.07, 6.45) is -0.761. The average molecular weight is 267 g/mol. The summed E-state index contributed by atoms with van der Waals surface area (Å²) in [5, 5.41) is 22.8. The second-order valence-corrected chi connectivity index (χ2v) is 5.41. The van der Waals surface area contributed by atoms with E-state index in [9.17, 15) is 15.0 Å². The van der Waals surface area contributed by atoms with Crippen LogP contribution in [0.3, 0.4) is 0 Å². The Bertz CT molecular complexity index is 451. The third-order valence-electron chi connectivity index (χ3n) is 2.64. The van der Waals surface area contributed by atoms with Gasteiger partial charge in [-0.3, -0.25) is 0 Å². The van der Waals surface area contributed by atoms with Gasteiger partial charge in [-0.25, -0.2) is 4.79 Å². The third kappa shape index (κ3) is 4.54. The molecule has 5 heteroatoms. The Balaban J connectivity index is 2.86. The van der Waals surface area contributed by atoms with Gasteiger partial charge in [0.05, 0.1) is 13.2 Å². The van der Waals surface area contributed by atoms with Gasteiger partial charge < -0.3 is 20.3 Å². The molecule has 0 amide bonds. The largest absolute Gasteiger partial charge is 0.507 e. The first-order chi connectivity index (χ1) is 8.74. The number of phenols is 1. The van der Waals surface area contributed by atoms with Crippen LogP contribution in [0.25, 0.3) is 0 Å². The number of ether oxygens (including phenoxy) is 1. The number of carbonyl (C=O) groups is 1. The molecule has 3 N–H and O–H groups in total. The van der Waals surface area contributed by atoms with Crippen LogP contribution < -0.4 is 5.32 Å². The zero-order chi connectivity index (χ0) is 14.6. The maximum absolute atomic E-state index is 11.4. The van der Waals surface area contributed by atoms with Gasteiger partial charge in [0, 0.05) is 12.1 Å². The summed E-state index contributed by atoms with van der Waals surface area (Å²) in [6.45, 7) is 6.35. The molecule has 1 aromatic rings. The summed E-state index contributed by atoms with van der Waals surface area (Å²) in [6, 6.07) is 4.40. The van der Waals surface area contributed by atoms with Crippen molar-refractivity contribution in [3.05, 3.63) is 29.3 Å². The number of aliphatic hydroxyl groups excluding tert-OH is 1. The van der Waals surface area contributed by atoms with Crippen LogP contribution in [0.1, 0.15) is 42.8 Å². The molecule has 0 heterocycles. The number of rotatable bonds is 4. The van der Waals surface area contributed by atoms with Gasteiger partial charge in [0.15, 0.2) is 0 Å². The molecule has 5 nitrogen and oxygen atoms in total. The van der Waals surface area contributed by atoms with E-state index in [0.29, 0.717) is 12.1 Å². The number of carbonyl (C=O) groups excluding carboxylic acids is 1. The summed E-state index contributed by atoms with van der Waals surface area (Å²) in [4.78, 5) is 11.4. The maximum atomic E-state index is 11.4. The minimum atomic E-state index is -0.761. The van der Waals surface area contributed by atoms with Crippen molar-refractivity contribution in [3.63, 3.8) is 0 Å². The van der Waals surface area contributed by atoms with Gasteiger partial charge in [-0.1, -0.05) is 6.07 Å². The van der Waals surface area contributed by atoms with Crippen LogP contribution >= 0.6 is 0 Å². The van der Waals surface area contributed by atoms with Crippen molar-refractivity contribution in [2.24, 2.45) is 0 Å². The maximum Gasteiger partial charge on any atom is 0.341 e. The fourth-order valence-electron chi connectivity index (χ4n) is 1.56. The van der Waals surface area contributed by atoms with Crippen molar-refractivity contribution in [2.45, 2.75) is 32.4 Å². The molecule has 0 spiro atoms. The lowest BCUT2D eigenvalue weighted by molar-refractivity contribution is 0.0597. The molecule has 0 unspecified atom stereocenters. The van der Waals surface area contributed by atoms with Crippen molar-refractivity contribution in [1.29, 1.82) is 0 Å². The van der Waals surface area contributed by atoms with E-state index in [1.165, 1.54) is 19.2 Å². The van der Waals surface area contributed by atoms with E-state index in [1.807, 2.05) is 20.8 Å². The van der Waals surface area contributed by atoms with Crippen LogP contribution in [-0.2, 0) is 4.74 Å². The molecule has 0 saturated heterocycles. The predicted octanol–water partition coefficient (Wildman–Crippen LogP) is 1.60. The highest BCUT2D eigenvalue weighted by Gasteiger charge is 2.17. The van der Waals surface area contributed by atoms with Gasteiger partial charge in [0.1, 0.15) is 11.3 Å². The molecule has 0 fully saturated rings. The Morgan fingerprint density at radius 3 is 2.58 bits per heavy atom. The molecule has 19 heavy (non-hydrogen) atoms. The van der Waals surface area contributed by atoms with Crippen molar-refractivity contribution < 1.29 is 19.7 Å². The second-order valence-electron chi connectivity index (χ2n) is 5.41. The number of aromatic hydroxyl groups is 1. The SMILES string of the molecule is COC(=O)c1cc([C@@H](O)CNC(C)(C)C)ccc1O. The fraction of sp³-hybridized carbons (Fsp3) is 0.500. The number of nitrogens with one attached hydrogen (secondary N) is 1. The average Bonchev–Trinajstić information content (AvgIpc) is 2.34. The number of β-amino-alcohol motifs (C(OH)–C–C–N with tert-alkyl or cyclic N) is 1. The third-order valence-corrected chi connectivity index (χ3v) is 2.64. The van der Waals surface area contributed by atoms with Crippen molar-refractivity contribution in [2.75, 3.05) is 13.7 Å². The van der Waals surface area contributed by atoms with Crippen LogP contribution in [0, 0.1) is 0 Å². The van der Waals surface area contributed by atoms with Crippen LogP contribution in [0.4, 0.5) is 0 Å². The zero-order valence-electron chi connectivity index (χ0n) is 11.7. The summed E-state index contributed by atoms with van der Waals surface area (Å²) in [5.41, 5.74) is 0.494. The summed E-state index contributed by atoms with van der Waals surface area (Å²) >= 11 is 0. The monoisotopic (exact) mass is 267 g/mol. The lowest BCUT2D eigenvalue weighted by Gasteiger charge is -2.23. The minimum Gasteiger partial charge on any atom is -0.507 e. The first kappa shape index (κ1) is 15.5. The lowest BCUT2D eigenvalue weighted by atomic mass is 10.0. The normalized spacial score (nSPS) is 13.1. The smallest absolute Gasteiger partial charge is 0.341 e. The first-order valence-electron chi connectivity index (χ1n) is 6.09. The Morgan fingerprint density at radius 2 is 2.05 bits per heavy atom. The first-order valence-corrected chi connectivity index (χ1v) is 6.09. The topological polar surface area (TPSA) is 78.8 Å². The molecule has 1 rings (SSSR count). The molecule has 0 radical (unpaired) electrons. The molecule has 106 valence electrons. The summed E-state index contributed by atoms with van der Waals surface area (Å²) in [5.74, 6) is -0.790. The van der Waals surface area contributed by atoms with Gasteiger partial charge in [0.2, 0.25) is 0 Å². The zero-order valence-corrected chi connectivity index (χ0v) is 11.7. The van der Waals surface area contributed by atoms with Crippen molar-refractivity contribution >= 4 is 5.97 Å². The Kier molecular flexibility index (Phi) is 4.91. The summed E-state index contributed by atoms with van der Waals surface area (Å²) in [7, 11) is 1.24. The lowest BCUT2D eigenvalue weighted by Crippen LogP contribution is -2.38. The van der Waals surface area contributed by atoms with E-state index in [4.69, 9.17) is 0 Å². The van der Waals surface area contributed by atoms with E-state index in [-0.39, 0.29) is 16.9 Å². The van der Waals surface area contributed by atoms with Gasteiger partial charge in [-0.05, 0) is 38.5 Å². The quantitative estimate of drug-likeness (QED) is 0.722. The fourth-order valence-corrected chi connectivity index (χ4v) is 1.56. The Hall–Kier alpha value is -1.59.